The first-order chi connectivity index (χ1) is 11.0. The van der Waals surface area contributed by atoms with E-state index in [0.717, 1.165) is 38.8 Å². The summed E-state index contributed by atoms with van der Waals surface area (Å²) in [5.74, 6) is 1.12. The molecule has 1 aliphatic carbocycles. The molecule has 1 N–H and O–H groups in total. The van der Waals surface area contributed by atoms with Crippen LogP contribution in [0.25, 0.3) is 0 Å². The highest BCUT2D eigenvalue weighted by atomic mass is 35.5. The summed E-state index contributed by atoms with van der Waals surface area (Å²) in [5, 5.41) is 3.80. The molecular weight excluding hydrogens is 312 g/mol. The van der Waals surface area contributed by atoms with Crippen LogP contribution in [0.2, 0.25) is 5.02 Å². The highest BCUT2D eigenvalue weighted by Crippen LogP contribution is 2.42. The Labute approximate surface area is 143 Å². The molecule has 4 nitrogen and oxygen atoms in total. The normalized spacial score (nSPS) is 26.6. The largest absolute Gasteiger partial charge is 0.476 e. The molecule has 2 unspecified atom stereocenters. The van der Waals surface area contributed by atoms with Crippen molar-refractivity contribution in [2.24, 2.45) is 5.92 Å². The Morgan fingerprint density at radius 3 is 2.83 bits per heavy atom. The maximum Gasteiger partial charge on any atom is 0.264 e. The van der Waals surface area contributed by atoms with Crippen molar-refractivity contribution < 1.29 is 9.53 Å². The lowest BCUT2D eigenvalue weighted by Crippen LogP contribution is -2.53. The molecule has 2 aliphatic rings. The number of likely N-dealkylation sites (tertiary alicyclic amines) is 1. The number of para-hydroxylation sites is 1. The molecule has 5 heteroatoms. The van der Waals surface area contributed by atoms with E-state index in [2.05, 4.69) is 24.2 Å². The molecular formula is C18H25ClN2O2. The van der Waals surface area contributed by atoms with Gasteiger partial charge in [0.25, 0.3) is 5.91 Å². The van der Waals surface area contributed by atoms with Crippen molar-refractivity contribution in [2.75, 3.05) is 20.1 Å². The third-order valence-corrected chi connectivity index (χ3v) is 5.35. The van der Waals surface area contributed by atoms with Crippen LogP contribution in [-0.4, -0.2) is 42.6 Å². The van der Waals surface area contributed by atoms with Gasteiger partial charge in [0, 0.05) is 25.4 Å². The number of halogens is 1. The summed E-state index contributed by atoms with van der Waals surface area (Å²) in [6.45, 7) is 4.26. The fraction of sp³-hybridized carbons (Fsp3) is 0.611. The van der Waals surface area contributed by atoms with Crippen LogP contribution in [0, 0.1) is 5.92 Å². The van der Waals surface area contributed by atoms with Gasteiger partial charge in [0.15, 0.2) is 5.60 Å². The van der Waals surface area contributed by atoms with E-state index in [1.165, 1.54) is 0 Å². The van der Waals surface area contributed by atoms with E-state index < -0.39 is 5.60 Å². The van der Waals surface area contributed by atoms with Gasteiger partial charge in [-0.25, -0.2) is 0 Å². The molecule has 0 aromatic heterocycles. The number of carbonyl (C=O) groups excluding carboxylic acids is 1. The zero-order valence-corrected chi connectivity index (χ0v) is 14.6. The second-order valence-electron chi connectivity index (χ2n) is 6.83. The van der Waals surface area contributed by atoms with Crippen molar-refractivity contribution in [1.29, 1.82) is 0 Å². The lowest BCUT2D eigenvalue weighted by Gasteiger charge is -2.37. The quantitative estimate of drug-likeness (QED) is 0.898. The summed E-state index contributed by atoms with van der Waals surface area (Å²) in [5.41, 5.74) is -0.716. The Hall–Kier alpha value is -1.26. The third-order valence-electron chi connectivity index (χ3n) is 5.04. The first kappa shape index (κ1) is 16.6. The van der Waals surface area contributed by atoms with Gasteiger partial charge in [-0.3, -0.25) is 4.79 Å². The smallest absolute Gasteiger partial charge is 0.264 e. The van der Waals surface area contributed by atoms with E-state index in [-0.39, 0.29) is 11.9 Å². The van der Waals surface area contributed by atoms with E-state index in [1.54, 1.807) is 6.07 Å². The number of amides is 1. The average molecular weight is 337 g/mol. The van der Waals surface area contributed by atoms with Crippen LogP contribution < -0.4 is 10.1 Å². The summed E-state index contributed by atoms with van der Waals surface area (Å²) in [6, 6.07) is 7.59. The lowest BCUT2D eigenvalue weighted by molar-refractivity contribution is -0.131. The number of ether oxygens (including phenoxy) is 1. The second kappa shape index (κ2) is 6.70. The number of benzene rings is 1. The van der Waals surface area contributed by atoms with Gasteiger partial charge in [0.1, 0.15) is 5.75 Å². The molecule has 1 amide bonds. The van der Waals surface area contributed by atoms with Gasteiger partial charge in [0.2, 0.25) is 0 Å². The molecule has 0 bridgehead atoms. The van der Waals surface area contributed by atoms with Gasteiger partial charge >= 0.3 is 0 Å². The minimum Gasteiger partial charge on any atom is -0.476 e. The number of hydrogen-bond acceptors (Lipinski definition) is 3. The van der Waals surface area contributed by atoms with E-state index in [9.17, 15) is 4.79 Å². The predicted molar refractivity (Wildman–Crippen MR) is 91.9 cm³/mol. The number of rotatable bonds is 5. The molecule has 1 aliphatic heterocycles. The topological polar surface area (TPSA) is 41.6 Å². The molecule has 1 aromatic rings. The lowest BCUT2D eigenvalue weighted by atomic mass is 9.90. The predicted octanol–water partition coefficient (Wildman–Crippen LogP) is 3.10. The SMILES string of the molecule is CCC1CN(C)CCC1NC(=O)C1(Oc2ccccc2Cl)CC1. The van der Waals surface area contributed by atoms with Gasteiger partial charge in [-0.15, -0.1) is 0 Å². The monoisotopic (exact) mass is 336 g/mol. The number of nitrogens with zero attached hydrogens (tertiary/aromatic N) is 1. The van der Waals surface area contributed by atoms with E-state index in [0.29, 0.717) is 16.7 Å². The molecule has 1 aromatic carbocycles. The van der Waals surface area contributed by atoms with Crippen LogP contribution in [-0.2, 0) is 4.79 Å². The molecule has 2 atom stereocenters. The van der Waals surface area contributed by atoms with Gasteiger partial charge in [-0.1, -0.05) is 37.1 Å². The average Bonchev–Trinajstić information content (AvgIpc) is 3.32. The Balaban J connectivity index is 1.64. The molecule has 23 heavy (non-hydrogen) atoms. The Bertz CT molecular complexity index is 574. The summed E-state index contributed by atoms with van der Waals surface area (Å²) in [4.78, 5) is 15.1. The Kier molecular flexibility index (Phi) is 4.83. The number of nitrogens with one attached hydrogen (secondary N) is 1. The summed E-state index contributed by atoms with van der Waals surface area (Å²) >= 11 is 6.15. The van der Waals surface area contributed by atoms with Crippen molar-refractivity contribution in [1.82, 2.24) is 10.2 Å². The summed E-state index contributed by atoms with van der Waals surface area (Å²) < 4.78 is 5.98. The fourth-order valence-corrected chi connectivity index (χ4v) is 3.52. The zero-order valence-electron chi connectivity index (χ0n) is 13.8. The highest BCUT2D eigenvalue weighted by Gasteiger charge is 2.54. The molecule has 3 rings (SSSR count). The van der Waals surface area contributed by atoms with E-state index in [1.807, 2.05) is 18.2 Å². The maximum absolute atomic E-state index is 12.8. The summed E-state index contributed by atoms with van der Waals surface area (Å²) in [7, 11) is 2.14. The fourth-order valence-electron chi connectivity index (χ4n) is 3.34. The van der Waals surface area contributed by atoms with Crippen molar-refractivity contribution >= 4 is 17.5 Å². The van der Waals surface area contributed by atoms with Gasteiger partial charge < -0.3 is 15.0 Å². The molecule has 1 heterocycles. The van der Waals surface area contributed by atoms with Crippen LogP contribution >= 0.6 is 11.6 Å². The second-order valence-corrected chi connectivity index (χ2v) is 7.23. The third kappa shape index (κ3) is 3.64. The number of carbonyl (C=O) groups is 1. The van der Waals surface area contributed by atoms with Crippen LogP contribution in [0.4, 0.5) is 0 Å². The first-order valence-electron chi connectivity index (χ1n) is 8.47. The van der Waals surface area contributed by atoms with E-state index in [4.69, 9.17) is 16.3 Å². The first-order valence-corrected chi connectivity index (χ1v) is 8.85. The molecule has 0 spiro atoms. The molecule has 126 valence electrons. The minimum absolute atomic E-state index is 0.0189. The molecule has 1 saturated heterocycles. The van der Waals surface area contributed by atoms with E-state index >= 15 is 0 Å². The maximum atomic E-state index is 12.8. The van der Waals surface area contributed by atoms with Crippen LogP contribution in [0.15, 0.2) is 24.3 Å². The Morgan fingerprint density at radius 1 is 1.43 bits per heavy atom. The van der Waals surface area contributed by atoms with Crippen molar-refractivity contribution in [3.63, 3.8) is 0 Å². The standard InChI is InChI=1S/C18H25ClN2O2/c1-3-13-12-21(2)11-8-15(13)20-17(22)18(9-10-18)23-16-7-5-4-6-14(16)19/h4-7,13,15H,3,8-12H2,1-2H3,(H,20,22). The van der Waals surface area contributed by atoms with Gasteiger partial charge in [0.05, 0.1) is 5.02 Å². The minimum atomic E-state index is -0.716. The van der Waals surface area contributed by atoms with Gasteiger partial charge in [-0.05, 0) is 38.1 Å². The van der Waals surface area contributed by atoms with Gasteiger partial charge in [-0.2, -0.15) is 0 Å². The van der Waals surface area contributed by atoms with Crippen molar-refractivity contribution in [3.05, 3.63) is 29.3 Å². The van der Waals surface area contributed by atoms with Crippen molar-refractivity contribution in [2.45, 2.75) is 44.2 Å². The molecule has 0 radical (unpaired) electrons. The number of hydrogen-bond donors (Lipinski definition) is 1. The van der Waals surface area contributed by atoms with Crippen LogP contribution in [0.1, 0.15) is 32.6 Å². The summed E-state index contributed by atoms with van der Waals surface area (Å²) in [6.07, 6.45) is 3.59. The Morgan fingerprint density at radius 2 is 2.17 bits per heavy atom. The molecule has 2 fully saturated rings. The molecule has 1 saturated carbocycles. The van der Waals surface area contributed by atoms with Crippen LogP contribution in [0.3, 0.4) is 0 Å². The van der Waals surface area contributed by atoms with Crippen LogP contribution in [0.5, 0.6) is 5.75 Å². The highest BCUT2D eigenvalue weighted by molar-refractivity contribution is 6.32. The zero-order chi connectivity index (χ0) is 16.4. The number of piperidine rings is 1. The van der Waals surface area contributed by atoms with Crippen molar-refractivity contribution in [3.8, 4) is 5.75 Å².